The van der Waals surface area contributed by atoms with E-state index in [1.807, 2.05) is 6.07 Å². The minimum absolute atomic E-state index is 0.00806. The second kappa shape index (κ2) is 9.30. The van der Waals surface area contributed by atoms with Crippen LogP contribution in [0.4, 0.5) is 11.4 Å². The molecule has 0 atom stereocenters. The van der Waals surface area contributed by atoms with Gasteiger partial charge in [0.2, 0.25) is 0 Å². The molecule has 142 valence electrons. The Hall–Kier alpha value is -3.46. The highest BCUT2D eigenvalue weighted by Crippen LogP contribution is 2.28. The molecule has 0 aliphatic rings. The molecule has 0 heterocycles. The molecule has 2 rings (SSSR count). The highest BCUT2D eigenvalue weighted by atomic mass is 16.6. The van der Waals surface area contributed by atoms with Gasteiger partial charge < -0.3 is 20.1 Å². The van der Waals surface area contributed by atoms with Crippen LogP contribution in [0.15, 0.2) is 48.5 Å². The number of benzene rings is 2. The zero-order chi connectivity index (χ0) is 19.8. The van der Waals surface area contributed by atoms with Gasteiger partial charge in [-0.15, -0.1) is 0 Å². The van der Waals surface area contributed by atoms with E-state index in [4.69, 9.17) is 4.74 Å². The van der Waals surface area contributed by atoms with E-state index < -0.39 is 16.7 Å². The molecule has 2 amide bonds. The number of aliphatic hydroxyl groups is 1. The standard InChI is InChI=1S/C18H19N3O6/c1-27-16-8-7-14(21(25)26)11-15(16)19-17(23)18(24)20(9-10-22)12-13-5-3-2-4-6-13/h2-8,11,22H,9-10,12H2,1H3,(H,19,23). The number of nitrogens with zero attached hydrogens (tertiary/aromatic N) is 2. The van der Waals surface area contributed by atoms with E-state index >= 15 is 0 Å². The molecule has 0 fully saturated rings. The third kappa shape index (κ3) is 5.25. The van der Waals surface area contributed by atoms with Crippen molar-refractivity contribution in [2.24, 2.45) is 0 Å². The highest BCUT2D eigenvalue weighted by molar-refractivity contribution is 6.39. The fraction of sp³-hybridized carbons (Fsp3) is 0.222. The number of carbonyl (C=O) groups is 2. The molecule has 0 saturated carbocycles. The first kappa shape index (κ1) is 19.9. The molecule has 2 N–H and O–H groups in total. The van der Waals surface area contributed by atoms with Gasteiger partial charge in [0, 0.05) is 25.2 Å². The smallest absolute Gasteiger partial charge is 0.314 e. The Labute approximate surface area is 155 Å². The van der Waals surface area contributed by atoms with Crippen LogP contribution < -0.4 is 10.1 Å². The molecule has 0 aliphatic heterocycles. The molecule has 0 aliphatic carbocycles. The number of anilines is 1. The number of aliphatic hydroxyl groups excluding tert-OH is 1. The number of non-ortho nitro benzene ring substituents is 1. The van der Waals surface area contributed by atoms with E-state index in [1.165, 1.54) is 24.1 Å². The second-order valence-electron chi connectivity index (χ2n) is 5.53. The maximum absolute atomic E-state index is 12.5. The quantitative estimate of drug-likeness (QED) is 0.431. The number of nitro benzene ring substituents is 1. The fourth-order valence-electron chi connectivity index (χ4n) is 2.40. The van der Waals surface area contributed by atoms with Crippen LogP contribution in [0.25, 0.3) is 0 Å². The Morgan fingerprint density at radius 2 is 1.93 bits per heavy atom. The third-order valence-electron chi connectivity index (χ3n) is 3.71. The van der Waals surface area contributed by atoms with Crippen molar-refractivity contribution in [2.75, 3.05) is 25.6 Å². The normalized spacial score (nSPS) is 10.1. The van der Waals surface area contributed by atoms with Crippen molar-refractivity contribution in [1.29, 1.82) is 0 Å². The average molecular weight is 373 g/mol. The first-order chi connectivity index (χ1) is 13.0. The Balaban J connectivity index is 2.18. The summed E-state index contributed by atoms with van der Waals surface area (Å²) in [5.41, 5.74) is 0.545. The molecule has 27 heavy (non-hydrogen) atoms. The molecule has 0 radical (unpaired) electrons. The van der Waals surface area contributed by atoms with Gasteiger partial charge in [-0.2, -0.15) is 0 Å². The van der Waals surface area contributed by atoms with Crippen molar-refractivity contribution in [1.82, 2.24) is 4.90 Å². The lowest BCUT2D eigenvalue weighted by atomic mass is 10.2. The number of rotatable bonds is 7. The molecule has 2 aromatic rings. The molecule has 2 aromatic carbocycles. The predicted molar refractivity (Wildman–Crippen MR) is 97.2 cm³/mol. The number of amides is 2. The van der Waals surface area contributed by atoms with Crippen molar-refractivity contribution < 1.29 is 24.4 Å². The summed E-state index contributed by atoms with van der Waals surface area (Å²) < 4.78 is 5.06. The van der Waals surface area contributed by atoms with Crippen molar-refractivity contribution in [3.8, 4) is 5.75 Å². The number of hydrogen-bond donors (Lipinski definition) is 2. The second-order valence-corrected chi connectivity index (χ2v) is 5.53. The van der Waals surface area contributed by atoms with E-state index in [0.29, 0.717) is 0 Å². The van der Waals surface area contributed by atoms with Gasteiger partial charge in [-0.1, -0.05) is 30.3 Å². The molecule has 9 heteroatoms. The zero-order valence-corrected chi connectivity index (χ0v) is 14.6. The Morgan fingerprint density at radius 3 is 2.52 bits per heavy atom. The van der Waals surface area contributed by atoms with E-state index in [0.717, 1.165) is 11.6 Å². The van der Waals surface area contributed by atoms with E-state index in [-0.39, 0.29) is 36.8 Å². The van der Waals surface area contributed by atoms with Gasteiger partial charge >= 0.3 is 11.8 Å². The Kier molecular flexibility index (Phi) is 6.84. The van der Waals surface area contributed by atoms with Gasteiger partial charge in [-0.05, 0) is 11.6 Å². The van der Waals surface area contributed by atoms with Crippen LogP contribution >= 0.6 is 0 Å². The van der Waals surface area contributed by atoms with Crippen LogP contribution in [0.1, 0.15) is 5.56 Å². The summed E-state index contributed by atoms with van der Waals surface area (Å²) in [5, 5.41) is 22.5. The lowest BCUT2D eigenvalue weighted by molar-refractivity contribution is -0.384. The zero-order valence-electron chi connectivity index (χ0n) is 14.6. The number of ether oxygens (including phenoxy) is 1. The van der Waals surface area contributed by atoms with Gasteiger partial charge in [0.15, 0.2) is 0 Å². The van der Waals surface area contributed by atoms with Crippen molar-refractivity contribution in [3.05, 3.63) is 64.2 Å². The Morgan fingerprint density at radius 1 is 1.22 bits per heavy atom. The summed E-state index contributed by atoms with van der Waals surface area (Å²) in [6.07, 6.45) is 0. The molecule has 0 spiro atoms. The SMILES string of the molecule is COc1ccc([N+](=O)[O-])cc1NC(=O)C(=O)N(CCO)Cc1ccccc1. The number of nitro groups is 1. The van der Waals surface area contributed by atoms with Crippen LogP contribution in [0.3, 0.4) is 0 Å². The maximum Gasteiger partial charge on any atom is 0.314 e. The molecular weight excluding hydrogens is 354 g/mol. The summed E-state index contributed by atoms with van der Waals surface area (Å²) in [7, 11) is 1.34. The van der Waals surface area contributed by atoms with Crippen molar-refractivity contribution >= 4 is 23.2 Å². The van der Waals surface area contributed by atoms with Crippen LogP contribution in [-0.2, 0) is 16.1 Å². The summed E-state index contributed by atoms with van der Waals surface area (Å²) in [4.78, 5) is 36.3. The van der Waals surface area contributed by atoms with E-state index in [2.05, 4.69) is 5.32 Å². The first-order valence-corrected chi connectivity index (χ1v) is 8.03. The maximum atomic E-state index is 12.5. The fourth-order valence-corrected chi connectivity index (χ4v) is 2.40. The Bertz CT molecular complexity index is 825. The van der Waals surface area contributed by atoms with E-state index in [1.54, 1.807) is 24.3 Å². The summed E-state index contributed by atoms with van der Waals surface area (Å²) in [6.45, 7) is -0.209. The largest absolute Gasteiger partial charge is 0.495 e. The highest BCUT2D eigenvalue weighted by Gasteiger charge is 2.23. The summed E-state index contributed by atoms with van der Waals surface area (Å²) in [5.74, 6) is -1.68. The number of methoxy groups -OCH3 is 1. The summed E-state index contributed by atoms with van der Waals surface area (Å²) >= 11 is 0. The van der Waals surface area contributed by atoms with Crippen LogP contribution in [0, 0.1) is 10.1 Å². The number of carbonyl (C=O) groups excluding carboxylic acids is 2. The van der Waals surface area contributed by atoms with Gasteiger partial charge in [0.25, 0.3) is 5.69 Å². The average Bonchev–Trinajstić information content (AvgIpc) is 2.67. The van der Waals surface area contributed by atoms with Crippen LogP contribution in [0.2, 0.25) is 0 Å². The molecule has 0 aromatic heterocycles. The molecule has 0 unspecified atom stereocenters. The predicted octanol–water partition coefficient (Wildman–Crippen LogP) is 1.56. The lowest BCUT2D eigenvalue weighted by Gasteiger charge is -2.21. The van der Waals surface area contributed by atoms with Crippen molar-refractivity contribution in [3.63, 3.8) is 0 Å². The van der Waals surface area contributed by atoms with Gasteiger partial charge in [0.05, 0.1) is 24.3 Å². The number of hydrogen-bond acceptors (Lipinski definition) is 6. The van der Waals surface area contributed by atoms with E-state index in [9.17, 15) is 24.8 Å². The molecule has 0 saturated heterocycles. The van der Waals surface area contributed by atoms with Gasteiger partial charge in [-0.25, -0.2) is 0 Å². The minimum atomic E-state index is -0.988. The summed E-state index contributed by atoms with van der Waals surface area (Å²) in [6, 6.07) is 12.7. The number of nitrogens with one attached hydrogen (secondary N) is 1. The van der Waals surface area contributed by atoms with Gasteiger partial charge in [-0.3, -0.25) is 19.7 Å². The first-order valence-electron chi connectivity index (χ1n) is 8.03. The van der Waals surface area contributed by atoms with Gasteiger partial charge in [0.1, 0.15) is 5.75 Å². The van der Waals surface area contributed by atoms with Crippen LogP contribution in [-0.4, -0.2) is 47.0 Å². The molecule has 9 nitrogen and oxygen atoms in total. The molecule has 0 bridgehead atoms. The topological polar surface area (TPSA) is 122 Å². The molecular formula is C18H19N3O6. The lowest BCUT2D eigenvalue weighted by Crippen LogP contribution is -2.40. The third-order valence-corrected chi connectivity index (χ3v) is 3.71. The van der Waals surface area contributed by atoms with Crippen LogP contribution in [0.5, 0.6) is 5.75 Å². The van der Waals surface area contributed by atoms with Crippen molar-refractivity contribution in [2.45, 2.75) is 6.54 Å². The monoisotopic (exact) mass is 373 g/mol. The minimum Gasteiger partial charge on any atom is -0.495 e.